The quantitative estimate of drug-likeness (QED) is 0.297. The van der Waals surface area contributed by atoms with Crippen molar-refractivity contribution in [1.29, 1.82) is 0 Å². The molecule has 0 aliphatic carbocycles. The Kier molecular flexibility index (Phi) is 7.05. The van der Waals surface area contributed by atoms with Crippen molar-refractivity contribution in [3.63, 3.8) is 0 Å². The summed E-state index contributed by atoms with van der Waals surface area (Å²) in [6, 6.07) is 1.89. The summed E-state index contributed by atoms with van der Waals surface area (Å²) >= 11 is 7.55. The zero-order chi connectivity index (χ0) is 15.6. The number of aliphatic imine (C=N–C) groups is 1. The van der Waals surface area contributed by atoms with Crippen molar-refractivity contribution < 1.29 is 0 Å². The van der Waals surface area contributed by atoms with Gasteiger partial charge in [0.2, 0.25) is 0 Å². The minimum Gasteiger partial charge on any atom is -0.370 e. The van der Waals surface area contributed by atoms with Crippen LogP contribution >= 0.6 is 23.4 Å². The van der Waals surface area contributed by atoms with Crippen molar-refractivity contribution in [2.45, 2.75) is 17.7 Å². The summed E-state index contributed by atoms with van der Waals surface area (Å²) < 4.78 is 0. The van der Waals surface area contributed by atoms with Gasteiger partial charge >= 0.3 is 0 Å². The lowest BCUT2D eigenvalue weighted by molar-refractivity contribution is 0.806. The lowest BCUT2D eigenvalue weighted by Gasteiger charge is -2.05. The van der Waals surface area contributed by atoms with Crippen LogP contribution in [0.2, 0.25) is 5.02 Å². The lowest BCUT2D eigenvalue weighted by Crippen LogP contribution is -2.33. The molecule has 2 aromatic heterocycles. The Morgan fingerprint density at radius 1 is 1.36 bits per heavy atom. The Hall–Kier alpha value is -1.73. The summed E-state index contributed by atoms with van der Waals surface area (Å²) in [4.78, 5) is 16.4. The van der Waals surface area contributed by atoms with Crippen LogP contribution in [-0.2, 0) is 6.42 Å². The molecule has 0 aromatic carbocycles. The second-order valence-electron chi connectivity index (χ2n) is 4.56. The fraction of sp³-hybridized carbons (Fsp3) is 0.357. The van der Waals surface area contributed by atoms with Crippen molar-refractivity contribution in [2.24, 2.45) is 10.7 Å². The molecule has 0 spiro atoms. The van der Waals surface area contributed by atoms with E-state index in [9.17, 15) is 0 Å². The Labute approximate surface area is 139 Å². The maximum Gasteiger partial charge on any atom is 0.188 e. The first kappa shape index (κ1) is 16.6. The number of H-pyrrole nitrogens is 1. The molecule has 8 heteroatoms. The summed E-state index contributed by atoms with van der Waals surface area (Å²) in [7, 11) is 0. The molecular formula is C14H19ClN6S. The van der Waals surface area contributed by atoms with Gasteiger partial charge in [-0.15, -0.1) is 11.8 Å². The standard InChI is InChI=1S/C14H19ClN6S/c15-11-6-13(9-17-7-11)22-5-4-20-14(16)19-3-1-2-12-8-18-10-21-12/h6-10H,1-5H2,(H,18,21)(H3,16,19,20). The number of nitrogens with two attached hydrogens (primary N) is 1. The van der Waals surface area contributed by atoms with Gasteiger partial charge in [0.05, 0.1) is 11.3 Å². The molecule has 4 N–H and O–H groups in total. The molecule has 2 rings (SSSR count). The third kappa shape index (κ3) is 6.36. The van der Waals surface area contributed by atoms with Crippen LogP contribution in [0.5, 0.6) is 0 Å². The second-order valence-corrected chi connectivity index (χ2v) is 6.17. The van der Waals surface area contributed by atoms with Crippen molar-refractivity contribution in [1.82, 2.24) is 20.3 Å². The first-order valence-electron chi connectivity index (χ1n) is 6.98. The molecule has 0 aliphatic heterocycles. The minimum absolute atomic E-state index is 0.481. The number of imidazole rings is 1. The van der Waals surface area contributed by atoms with E-state index in [0.29, 0.717) is 17.5 Å². The number of nitrogens with one attached hydrogen (secondary N) is 2. The highest BCUT2D eigenvalue weighted by Gasteiger charge is 1.97. The predicted molar refractivity (Wildman–Crippen MR) is 91.4 cm³/mol. The number of halogens is 1. The van der Waals surface area contributed by atoms with Gasteiger partial charge in [-0.1, -0.05) is 11.6 Å². The van der Waals surface area contributed by atoms with Crippen molar-refractivity contribution >= 4 is 29.3 Å². The van der Waals surface area contributed by atoms with E-state index in [1.54, 1.807) is 30.5 Å². The SMILES string of the molecule is NC(=NCCCc1cnc[nH]1)NCCSc1cncc(Cl)c1. The number of thioether (sulfide) groups is 1. The van der Waals surface area contributed by atoms with Crippen LogP contribution in [0.15, 0.2) is 40.9 Å². The van der Waals surface area contributed by atoms with Gasteiger partial charge in [-0.05, 0) is 18.9 Å². The van der Waals surface area contributed by atoms with E-state index in [1.165, 1.54) is 0 Å². The second kappa shape index (κ2) is 9.32. The van der Waals surface area contributed by atoms with Gasteiger partial charge in [-0.25, -0.2) is 4.98 Å². The fourth-order valence-electron chi connectivity index (χ4n) is 1.77. The number of pyridine rings is 1. The molecule has 6 nitrogen and oxygen atoms in total. The molecule has 0 bridgehead atoms. The number of rotatable bonds is 8. The molecule has 0 atom stereocenters. The van der Waals surface area contributed by atoms with E-state index in [-0.39, 0.29) is 0 Å². The maximum atomic E-state index is 5.88. The highest BCUT2D eigenvalue weighted by molar-refractivity contribution is 7.99. The molecule has 2 heterocycles. The molecule has 0 saturated carbocycles. The van der Waals surface area contributed by atoms with E-state index < -0.39 is 0 Å². The zero-order valence-corrected chi connectivity index (χ0v) is 13.7. The van der Waals surface area contributed by atoms with Crippen LogP contribution in [-0.4, -0.2) is 39.8 Å². The molecule has 0 fully saturated rings. The molecular weight excluding hydrogens is 320 g/mol. The fourth-order valence-corrected chi connectivity index (χ4v) is 2.79. The van der Waals surface area contributed by atoms with Gasteiger partial charge in [0, 0.05) is 48.0 Å². The number of aromatic nitrogens is 3. The lowest BCUT2D eigenvalue weighted by atomic mass is 10.2. The number of aryl methyl sites for hydroxylation is 1. The molecule has 22 heavy (non-hydrogen) atoms. The first-order chi connectivity index (χ1) is 10.7. The first-order valence-corrected chi connectivity index (χ1v) is 8.35. The van der Waals surface area contributed by atoms with E-state index >= 15 is 0 Å². The summed E-state index contributed by atoms with van der Waals surface area (Å²) in [6.45, 7) is 1.44. The van der Waals surface area contributed by atoms with Gasteiger partial charge in [-0.2, -0.15) is 0 Å². The summed E-state index contributed by atoms with van der Waals surface area (Å²) in [6.07, 6.45) is 8.79. The van der Waals surface area contributed by atoms with Gasteiger partial charge in [0.25, 0.3) is 0 Å². The van der Waals surface area contributed by atoms with Crippen LogP contribution in [0.4, 0.5) is 0 Å². The van der Waals surface area contributed by atoms with Gasteiger partial charge in [0.15, 0.2) is 5.96 Å². The monoisotopic (exact) mass is 338 g/mol. The maximum absolute atomic E-state index is 5.88. The molecule has 0 saturated heterocycles. The zero-order valence-electron chi connectivity index (χ0n) is 12.1. The van der Waals surface area contributed by atoms with Crippen LogP contribution in [0.1, 0.15) is 12.1 Å². The van der Waals surface area contributed by atoms with E-state index in [0.717, 1.165) is 35.7 Å². The Bertz CT molecular complexity index is 587. The summed E-state index contributed by atoms with van der Waals surface area (Å²) in [5.41, 5.74) is 6.93. The van der Waals surface area contributed by atoms with Crippen LogP contribution in [0.25, 0.3) is 0 Å². The third-order valence-corrected chi connectivity index (χ3v) is 3.97. The third-order valence-electron chi connectivity index (χ3n) is 2.80. The number of nitrogens with zero attached hydrogens (tertiary/aromatic N) is 3. The van der Waals surface area contributed by atoms with E-state index in [1.807, 2.05) is 12.3 Å². The Morgan fingerprint density at radius 2 is 2.27 bits per heavy atom. The molecule has 0 amide bonds. The van der Waals surface area contributed by atoms with Crippen LogP contribution in [0, 0.1) is 0 Å². The number of guanidine groups is 1. The number of hydrogen-bond acceptors (Lipinski definition) is 4. The van der Waals surface area contributed by atoms with Crippen LogP contribution < -0.4 is 11.1 Å². The van der Waals surface area contributed by atoms with Gasteiger partial charge < -0.3 is 16.0 Å². The van der Waals surface area contributed by atoms with Crippen molar-refractivity contribution in [3.05, 3.63) is 41.7 Å². The average Bonchev–Trinajstić information content (AvgIpc) is 3.02. The van der Waals surface area contributed by atoms with E-state index in [2.05, 4.69) is 25.3 Å². The van der Waals surface area contributed by atoms with Crippen LogP contribution in [0.3, 0.4) is 0 Å². The number of aromatic amines is 1. The molecule has 118 valence electrons. The topological polar surface area (TPSA) is 92.0 Å². The van der Waals surface area contributed by atoms with Crippen molar-refractivity contribution in [2.75, 3.05) is 18.8 Å². The average molecular weight is 339 g/mol. The summed E-state index contributed by atoms with van der Waals surface area (Å²) in [5.74, 6) is 1.35. The van der Waals surface area contributed by atoms with E-state index in [4.69, 9.17) is 17.3 Å². The van der Waals surface area contributed by atoms with Gasteiger partial charge in [0.1, 0.15) is 0 Å². The molecule has 0 radical (unpaired) electrons. The highest BCUT2D eigenvalue weighted by Crippen LogP contribution is 2.19. The molecule has 0 unspecified atom stereocenters. The Balaban J connectivity index is 1.56. The molecule has 0 aliphatic rings. The van der Waals surface area contributed by atoms with Crippen molar-refractivity contribution in [3.8, 4) is 0 Å². The highest BCUT2D eigenvalue weighted by atomic mass is 35.5. The summed E-state index contributed by atoms with van der Waals surface area (Å²) in [5, 5.41) is 3.74. The largest absolute Gasteiger partial charge is 0.370 e. The normalized spacial score (nSPS) is 11.6. The Morgan fingerprint density at radius 3 is 3.05 bits per heavy atom. The van der Waals surface area contributed by atoms with Gasteiger partial charge in [-0.3, -0.25) is 9.98 Å². The number of hydrogen-bond donors (Lipinski definition) is 3. The molecule has 2 aromatic rings. The minimum atomic E-state index is 0.481. The predicted octanol–water partition coefficient (Wildman–Crippen LogP) is 2.09. The smallest absolute Gasteiger partial charge is 0.188 e.